The number of thioether (sulfide) groups is 1. The number of carbonyl (C=O) groups is 2. The summed E-state index contributed by atoms with van der Waals surface area (Å²) in [6.45, 7) is 4.12. The molecule has 1 aliphatic heterocycles. The lowest BCUT2D eigenvalue weighted by Crippen LogP contribution is -2.31. The maximum absolute atomic E-state index is 12.6. The molecule has 10 nitrogen and oxygen atoms in total. The Hall–Kier alpha value is -3.47. The predicted molar refractivity (Wildman–Crippen MR) is 115 cm³/mol. The Morgan fingerprint density at radius 1 is 1.33 bits per heavy atom. The van der Waals surface area contributed by atoms with Gasteiger partial charge in [-0.3, -0.25) is 29.3 Å². The van der Waals surface area contributed by atoms with Crippen molar-refractivity contribution in [1.29, 1.82) is 0 Å². The molecular weight excluding hydrogens is 408 g/mol. The minimum absolute atomic E-state index is 0.0405. The van der Waals surface area contributed by atoms with Crippen LogP contribution in [-0.4, -0.2) is 48.9 Å². The molecule has 0 unspecified atom stereocenters. The molecule has 2 heterocycles. The maximum atomic E-state index is 12.6. The number of benzene rings is 1. The van der Waals surface area contributed by atoms with E-state index in [4.69, 9.17) is 0 Å². The van der Waals surface area contributed by atoms with Gasteiger partial charge in [-0.05, 0) is 32.1 Å². The highest BCUT2D eigenvalue weighted by Crippen LogP contribution is 2.24. The van der Waals surface area contributed by atoms with E-state index in [0.717, 1.165) is 23.0 Å². The zero-order valence-electron chi connectivity index (χ0n) is 16.7. The minimum atomic E-state index is -0.506. The van der Waals surface area contributed by atoms with Crippen LogP contribution >= 0.6 is 11.8 Å². The Morgan fingerprint density at radius 3 is 2.60 bits per heavy atom. The lowest BCUT2D eigenvalue weighted by Gasteiger charge is -2.14. The summed E-state index contributed by atoms with van der Waals surface area (Å²) in [6, 6.07) is 5.57. The molecule has 0 fully saturated rings. The number of likely N-dealkylation sites (N-methyl/N-ethyl adjacent to an activating group) is 1. The van der Waals surface area contributed by atoms with Gasteiger partial charge in [0.1, 0.15) is 5.70 Å². The molecule has 0 bridgehead atoms. The Kier molecular flexibility index (Phi) is 6.31. The second kappa shape index (κ2) is 8.91. The molecule has 3 rings (SSSR count). The van der Waals surface area contributed by atoms with Gasteiger partial charge in [0.25, 0.3) is 11.6 Å². The van der Waals surface area contributed by atoms with E-state index in [2.05, 4.69) is 15.4 Å². The Balaban J connectivity index is 1.66. The number of non-ortho nitro benzene ring substituents is 1. The standard InChI is InChI=1S/C19H20N6O4S/c1-4-24-18(27)16(9-13-10-23(3)22-12(13)2)21-19(24)30-11-17(26)20-14-5-7-15(8-6-14)25(28)29/h5-10H,4,11H2,1-3H3,(H,20,26). The van der Waals surface area contributed by atoms with E-state index >= 15 is 0 Å². The average Bonchev–Trinajstić information content (AvgIpc) is 3.18. The van der Waals surface area contributed by atoms with Crippen LogP contribution in [0.5, 0.6) is 0 Å². The molecule has 0 aliphatic carbocycles. The van der Waals surface area contributed by atoms with Gasteiger partial charge in [-0.25, -0.2) is 4.99 Å². The van der Waals surface area contributed by atoms with Crippen LogP contribution in [0.3, 0.4) is 0 Å². The highest BCUT2D eigenvalue weighted by atomic mass is 32.2. The number of hydrogen-bond acceptors (Lipinski definition) is 7. The van der Waals surface area contributed by atoms with Crippen LogP contribution in [0.4, 0.5) is 11.4 Å². The van der Waals surface area contributed by atoms with Gasteiger partial charge < -0.3 is 5.32 Å². The first-order valence-electron chi connectivity index (χ1n) is 9.08. The number of aryl methyl sites for hydroxylation is 2. The van der Waals surface area contributed by atoms with Crippen LogP contribution in [0.1, 0.15) is 18.2 Å². The first kappa shape index (κ1) is 21.2. The van der Waals surface area contributed by atoms with E-state index in [1.165, 1.54) is 29.2 Å². The van der Waals surface area contributed by atoms with Gasteiger partial charge in [0.2, 0.25) is 5.91 Å². The van der Waals surface area contributed by atoms with Crippen LogP contribution in [0, 0.1) is 17.0 Å². The summed E-state index contributed by atoms with van der Waals surface area (Å²) in [5.41, 5.74) is 2.30. The molecule has 0 saturated carbocycles. The number of nitro groups is 1. The summed E-state index contributed by atoms with van der Waals surface area (Å²) in [7, 11) is 1.80. The maximum Gasteiger partial charge on any atom is 0.278 e. The summed E-state index contributed by atoms with van der Waals surface area (Å²) >= 11 is 1.15. The van der Waals surface area contributed by atoms with E-state index < -0.39 is 4.92 Å². The number of amides is 2. The van der Waals surface area contributed by atoms with Crippen molar-refractivity contribution in [1.82, 2.24) is 14.7 Å². The fourth-order valence-corrected chi connectivity index (χ4v) is 3.68. The molecule has 1 aromatic carbocycles. The van der Waals surface area contributed by atoms with Crippen molar-refractivity contribution >= 4 is 46.2 Å². The lowest BCUT2D eigenvalue weighted by atomic mass is 10.2. The summed E-state index contributed by atoms with van der Waals surface area (Å²) in [4.78, 5) is 41.0. The molecule has 0 spiro atoms. The smallest absolute Gasteiger partial charge is 0.278 e. The number of amidine groups is 1. The number of nitro benzene ring substituents is 1. The highest BCUT2D eigenvalue weighted by molar-refractivity contribution is 8.14. The number of aliphatic imine (C=N–C) groups is 1. The van der Waals surface area contributed by atoms with Crippen LogP contribution in [-0.2, 0) is 16.6 Å². The van der Waals surface area contributed by atoms with E-state index in [1.807, 2.05) is 20.0 Å². The Labute approximate surface area is 176 Å². The van der Waals surface area contributed by atoms with Crippen LogP contribution in [0.2, 0.25) is 0 Å². The Bertz CT molecular complexity index is 1060. The summed E-state index contributed by atoms with van der Waals surface area (Å²) < 4.78 is 1.67. The molecule has 156 valence electrons. The van der Waals surface area contributed by atoms with Crippen molar-refractivity contribution in [3.05, 3.63) is 57.5 Å². The van der Waals surface area contributed by atoms with Crippen molar-refractivity contribution in [2.24, 2.45) is 12.0 Å². The van der Waals surface area contributed by atoms with Crippen molar-refractivity contribution < 1.29 is 14.5 Å². The minimum Gasteiger partial charge on any atom is -0.325 e. The summed E-state index contributed by atoms with van der Waals surface area (Å²) in [5, 5.41) is 18.1. The summed E-state index contributed by atoms with van der Waals surface area (Å²) in [6.07, 6.45) is 3.50. The molecule has 1 N–H and O–H groups in total. The third kappa shape index (κ3) is 4.74. The first-order chi connectivity index (χ1) is 14.3. The number of aromatic nitrogens is 2. The lowest BCUT2D eigenvalue weighted by molar-refractivity contribution is -0.384. The molecule has 11 heteroatoms. The second-order valence-corrected chi connectivity index (χ2v) is 7.40. The molecule has 1 aliphatic rings. The zero-order valence-corrected chi connectivity index (χ0v) is 17.5. The second-order valence-electron chi connectivity index (χ2n) is 6.46. The monoisotopic (exact) mass is 428 g/mol. The van der Waals surface area contributed by atoms with Gasteiger partial charge in [-0.1, -0.05) is 11.8 Å². The number of rotatable bonds is 6. The van der Waals surface area contributed by atoms with Gasteiger partial charge in [0, 0.05) is 43.2 Å². The van der Waals surface area contributed by atoms with E-state index in [9.17, 15) is 19.7 Å². The van der Waals surface area contributed by atoms with Crippen molar-refractivity contribution in [2.45, 2.75) is 13.8 Å². The molecular formula is C19H20N6O4S. The fraction of sp³-hybridized carbons (Fsp3) is 0.263. The fourth-order valence-electron chi connectivity index (χ4n) is 2.82. The number of anilines is 1. The van der Waals surface area contributed by atoms with Gasteiger partial charge in [0.15, 0.2) is 5.17 Å². The van der Waals surface area contributed by atoms with Crippen molar-refractivity contribution in [3.63, 3.8) is 0 Å². The van der Waals surface area contributed by atoms with Crippen LogP contribution in [0.15, 0.2) is 41.2 Å². The normalized spacial score (nSPS) is 14.9. The van der Waals surface area contributed by atoms with E-state index in [-0.39, 0.29) is 23.3 Å². The van der Waals surface area contributed by atoms with Gasteiger partial charge in [-0.15, -0.1) is 0 Å². The molecule has 0 atom stereocenters. The highest BCUT2D eigenvalue weighted by Gasteiger charge is 2.30. The number of nitrogens with zero attached hydrogens (tertiary/aromatic N) is 5. The molecule has 1 aromatic heterocycles. The molecule has 30 heavy (non-hydrogen) atoms. The van der Waals surface area contributed by atoms with Gasteiger partial charge in [-0.2, -0.15) is 5.10 Å². The average molecular weight is 428 g/mol. The zero-order chi connectivity index (χ0) is 21.8. The third-order valence-electron chi connectivity index (χ3n) is 4.27. The number of hydrogen-bond donors (Lipinski definition) is 1. The van der Waals surface area contributed by atoms with Crippen LogP contribution in [0.25, 0.3) is 6.08 Å². The van der Waals surface area contributed by atoms with E-state index in [1.54, 1.807) is 17.8 Å². The third-order valence-corrected chi connectivity index (χ3v) is 5.24. The first-order valence-corrected chi connectivity index (χ1v) is 10.1. The largest absolute Gasteiger partial charge is 0.325 e. The van der Waals surface area contributed by atoms with Crippen molar-refractivity contribution in [3.8, 4) is 0 Å². The molecule has 0 saturated heterocycles. The molecule has 2 aromatic rings. The van der Waals surface area contributed by atoms with Gasteiger partial charge >= 0.3 is 0 Å². The van der Waals surface area contributed by atoms with E-state index in [0.29, 0.717) is 23.1 Å². The predicted octanol–water partition coefficient (Wildman–Crippen LogP) is 2.57. The number of carbonyl (C=O) groups excluding carboxylic acids is 2. The SMILES string of the molecule is CCN1C(=O)C(=Cc2cn(C)nc2C)N=C1SCC(=O)Nc1ccc([N+](=O)[O-])cc1. The quantitative estimate of drug-likeness (QED) is 0.429. The molecule has 0 radical (unpaired) electrons. The van der Waals surface area contributed by atoms with Gasteiger partial charge in [0.05, 0.1) is 16.4 Å². The van der Waals surface area contributed by atoms with Crippen LogP contribution < -0.4 is 5.32 Å². The topological polar surface area (TPSA) is 123 Å². The summed E-state index contributed by atoms with van der Waals surface area (Å²) in [5.74, 6) is -0.488. The van der Waals surface area contributed by atoms with Crippen molar-refractivity contribution in [2.75, 3.05) is 17.6 Å². The Morgan fingerprint density at radius 2 is 2.03 bits per heavy atom. The molecule has 2 amide bonds. The number of nitrogens with one attached hydrogen (secondary N) is 1.